The first-order valence-corrected chi connectivity index (χ1v) is 9.85. The van der Waals surface area contributed by atoms with Crippen LogP contribution in [0.25, 0.3) is 28.2 Å². The van der Waals surface area contributed by atoms with Crippen molar-refractivity contribution in [2.24, 2.45) is 0 Å². The van der Waals surface area contributed by atoms with Gasteiger partial charge in [-0.3, -0.25) is 0 Å². The Labute approximate surface area is 170 Å². The zero-order valence-corrected chi connectivity index (χ0v) is 16.0. The minimum absolute atomic E-state index is 0.959. The maximum absolute atomic E-state index is 8.49. The molecular weight excluding hydrogens is 392 g/mol. The largest absolute Gasteiger partial charge is 0.235 e. The third kappa shape index (κ3) is 6.46. The molecule has 3 aromatic carbocycles. The number of benzene rings is 3. The first kappa shape index (κ1) is 20.6. The van der Waals surface area contributed by atoms with Crippen molar-refractivity contribution in [3.8, 4) is 28.2 Å². The smallest absolute Gasteiger partial charge is 0.210 e. The highest BCUT2D eigenvalue weighted by Gasteiger charge is 2.14. The lowest BCUT2D eigenvalue weighted by Crippen LogP contribution is -2.68. The minimum atomic E-state index is -4.94. The van der Waals surface area contributed by atoms with Crippen LogP contribution in [-0.2, 0) is 0 Å². The van der Waals surface area contributed by atoms with E-state index in [1.54, 1.807) is 0 Å². The van der Waals surface area contributed by atoms with E-state index in [4.69, 9.17) is 23.6 Å². The fourth-order valence-corrected chi connectivity index (χ4v) is 2.73. The summed E-state index contributed by atoms with van der Waals surface area (Å²) in [5.74, 6) is 0. The van der Waals surface area contributed by atoms with Crippen LogP contribution in [0.2, 0.25) is 0 Å². The Morgan fingerprint density at radius 1 is 0.552 bits per heavy atom. The van der Waals surface area contributed by atoms with Crippen LogP contribution in [0.15, 0.2) is 103 Å². The van der Waals surface area contributed by atoms with E-state index in [-0.39, 0.29) is 0 Å². The molecular formula is C22H17ClN2O4. The summed E-state index contributed by atoms with van der Waals surface area (Å²) in [4.78, 5) is 4.88. The Hall–Kier alpha value is -3.13. The first-order valence-electron chi connectivity index (χ1n) is 8.61. The van der Waals surface area contributed by atoms with E-state index in [2.05, 4.69) is 53.4 Å². The van der Waals surface area contributed by atoms with Crippen molar-refractivity contribution in [3.63, 3.8) is 0 Å². The molecule has 0 aliphatic rings. The molecule has 4 aromatic rings. The fraction of sp³-hybridized carbons (Fsp3) is 0. The molecule has 0 aliphatic heterocycles. The van der Waals surface area contributed by atoms with Gasteiger partial charge in [-0.2, -0.15) is 4.57 Å². The van der Waals surface area contributed by atoms with Crippen molar-refractivity contribution < 1.29 is 33.4 Å². The fourth-order valence-electron chi connectivity index (χ4n) is 2.73. The number of hydrogen-bond donors (Lipinski definition) is 0. The van der Waals surface area contributed by atoms with Gasteiger partial charge in [0.15, 0.2) is 0 Å². The summed E-state index contributed by atoms with van der Waals surface area (Å²) in [6, 6.07) is 30.9. The molecule has 0 saturated carbocycles. The molecule has 0 aliphatic carbocycles. The van der Waals surface area contributed by atoms with E-state index in [0.29, 0.717) is 0 Å². The SMILES string of the molecule is [O-][Cl+3]([O-])([O-])[O-].c1ccc(-c2c[n+](-c3ccccc3)cc(-c3ccccc3)n2)cc1. The number of rotatable bonds is 3. The molecule has 0 radical (unpaired) electrons. The van der Waals surface area contributed by atoms with E-state index in [1.807, 2.05) is 54.6 Å². The molecule has 0 unspecified atom stereocenters. The Kier molecular flexibility index (Phi) is 6.66. The van der Waals surface area contributed by atoms with Crippen molar-refractivity contribution in [2.75, 3.05) is 0 Å². The standard InChI is InChI=1S/C22H17N2.ClHO4/c1-4-10-18(11-5-1)21-16-24(20-14-8-3-9-15-20)17-22(23-21)19-12-6-2-7-13-19;2-1(3,4)5/h1-17H;(H,2,3,4,5)/q+1;/p-1. The van der Waals surface area contributed by atoms with Crippen molar-refractivity contribution in [2.45, 2.75) is 0 Å². The van der Waals surface area contributed by atoms with Gasteiger partial charge < -0.3 is 0 Å². The van der Waals surface area contributed by atoms with E-state index < -0.39 is 10.2 Å². The molecule has 0 amide bonds. The summed E-state index contributed by atoms with van der Waals surface area (Å²) in [5.41, 5.74) is 5.26. The number of aromatic nitrogens is 2. The van der Waals surface area contributed by atoms with E-state index in [9.17, 15) is 0 Å². The van der Waals surface area contributed by atoms with Crippen molar-refractivity contribution in [1.82, 2.24) is 4.98 Å². The second-order valence-electron chi connectivity index (χ2n) is 5.99. The molecule has 4 rings (SSSR count). The van der Waals surface area contributed by atoms with Gasteiger partial charge in [-0.25, -0.2) is 23.6 Å². The van der Waals surface area contributed by atoms with Gasteiger partial charge in [0, 0.05) is 23.3 Å². The third-order valence-electron chi connectivity index (χ3n) is 3.96. The highest BCUT2D eigenvalue weighted by molar-refractivity contribution is 5.63. The van der Waals surface area contributed by atoms with Crippen LogP contribution in [0.1, 0.15) is 0 Å². The van der Waals surface area contributed by atoms with Crippen LogP contribution in [0.5, 0.6) is 0 Å². The molecule has 146 valence electrons. The molecule has 6 nitrogen and oxygen atoms in total. The van der Waals surface area contributed by atoms with Gasteiger partial charge in [-0.05, 0) is 0 Å². The first-order chi connectivity index (χ1) is 13.9. The quantitative estimate of drug-likeness (QED) is 0.441. The van der Waals surface area contributed by atoms with Crippen LogP contribution in [0, 0.1) is 10.2 Å². The zero-order valence-electron chi connectivity index (χ0n) is 15.2. The lowest BCUT2D eigenvalue weighted by Gasteiger charge is -2.17. The van der Waals surface area contributed by atoms with Crippen molar-refractivity contribution in [3.05, 3.63) is 103 Å². The molecule has 0 bridgehead atoms. The van der Waals surface area contributed by atoms with E-state index >= 15 is 0 Å². The van der Waals surface area contributed by atoms with Gasteiger partial charge in [0.05, 0.1) is 0 Å². The molecule has 0 saturated heterocycles. The Balaban J connectivity index is 0.000000431. The van der Waals surface area contributed by atoms with Gasteiger partial charge in [-0.1, -0.05) is 78.9 Å². The molecule has 1 heterocycles. The van der Waals surface area contributed by atoms with Gasteiger partial charge in [-0.15, -0.1) is 10.2 Å². The molecule has 7 heteroatoms. The Bertz CT molecular complexity index is 895. The Morgan fingerprint density at radius 3 is 1.28 bits per heavy atom. The summed E-state index contributed by atoms with van der Waals surface area (Å²) in [6.45, 7) is 0. The summed E-state index contributed by atoms with van der Waals surface area (Å²) in [6.07, 6.45) is 4.16. The zero-order chi connectivity index (χ0) is 20.7. The predicted molar refractivity (Wildman–Crippen MR) is 96.6 cm³/mol. The molecule has 0 N–H and O–H groups in total. The van der Waals surface area contributed by atoms with Crippen molar-refractivity contribution in [1.29, 1.82) is 0 Å². The van der Waals surface area contributed by atoms with Crippen LogP contribution < -0.4 is 23.2 Å². The summed E-state index contributed by atoms with van der Waals surface area (Å²) < 4.78 is 36.1. The van der Waals surface area contributed by atoms with Crippen LogP contribution in [0.3, 0.4) is 0 Å². The second-order valence-corrected chi connectivity index (χ2v) is 6.75. The molecule has 0 spiro atoms. The lowest BCUT2D eigenvalue weighted by atomic mass is 10.1. The maximum Gasteiger partial charge on any atom is 0.210 e. The monoisotopic (exact) mass is 408 g/mol. The number of hydrogen-bond acceptors (Lipinski definition) is 5. The average molecular weight is 409 g/mol. The van der Waals surface area contributed by atoms with Gasteiger partial charge in [0.25, 0.3) is 0 Å². The molecule has 0 fully saturated rings. The van der Waals surface area contributed by atoms with Crippen molar-refractivity contribution >= 4 is 0 Å². The predicted octanol–water partition coefficient (Wildman–Crippen LogP) is -0.0637. The number of halogens is 1. The lowest BCUT2D eigenvalue weighted by molar-refractivity contribution is -2.00. The van der Waals surface area contributed by atoms with Crippen LogP contribution in [0.4, 0.5) is 0 Å². The number of para-hydroxylation sites is 1. The van der Waals surface area contributed by atoms with Crippen LogP contribution >= 0.6 is 0 Å². The van der Waals surface area contributed by atoms with E-state index in [1.165, 1.54) is 0 Å². The number of nitrogens with zero attached hydrogens (tertiary/aromatic N) is 2. The topological polar surface area (TPSA) is 109 Å². The van der Waals surface area contributed by atoms with Crippen LogP contribution in [-0.4, -0.2) is 4.98 Å². The highest BCUT2D eigenvalue weighted by Crippen LogP contribution is 2.21. The summed E-state index contributed by atoms with van der Waals surface area (Å²) >= 11 is 0. The highest BCUT2D eigenvalue weighted by atomic mass is 35.7. The summed E-state index contributed by atoms with van der Waals surface area (Å²) in [5, 5.41) is 0. The molecule has 0 atom stereocenters. The minimum Gasteiger partial charge on any atom is -0.235 e. The van der Waals surface area contributed by atoms with Gasteiger partial charge in [0.1, 0.15) is 11.4 Å². The average Bonchev–Trinajstić information content (AvgIpc) is 2.74. The third-order valence-corrected chi connectivity index (χ3v) is 3.96. The van der Waals surface area contributed by atoms with Gasteiger partial charge >= 0.3 is 0 Å². The van der Waals surface area contributed by atoms with E-state index in [0.717, 1.165) is 28.2 Å². The maximum atomic E-state index is 8.49. The molecule has 29 heavy (non-hydrogen) atoms. The summed E-state index contributed by atoms with van der Waals surface area (Å²) in [7, 11) is -4.94. The Morgan fingerprint density at radius 2 is 0.897 bits per heavy atom. The second kappa shape index (κ2) is 9.38. The molecule has 1 aromatic heterocycles. The normalized spacial score (nSPS) is 10.8. The van der Waals surface area contributed by atoms with Gasteiger partial charge in [0.2, 0.25) is 18.1 Å².